The van der Waals surface area contributed by atoms with Crippen LogP contribution in [0.3, 0.4) is 0 Å². The second-order valence-corrected chi connectivity index (χ2v) is 3.96. The molecule has 0 radical (unpaired) electrons. The molecule has 19 heavy (non-hydrogen) atoms. The largest absolute Gasteiger partial charge is 0.461 e. The highest BCUT2D eigenvalue weighted by molar-refractivity contribution is 6.17. The summed E-state index contributed by atoms with van der Waals surface area (Å²) in [5.41, 5.74) is 0.641. The molecule has 0 fully saturated rings. The van der Waals surface area contributed by atoms with Gasteiger partial charge in [-0.15, -0.1) is 16.7 Å². The molecule has 2 aromatic rings. The van der Waals surface area contributed by atoms with E-state index in [0.717, 1.165) is 0 Å². The van der Waals surface area contributed by atoms with Crippen LogP contribution < -0.4 is 0 Å². The molecule has 0 N–H and O–H groups in total. The maximum absolute atomic E-state index is 11.7. The lowest BCUT2D eigenvalue weighted by atomic mass is 10.3. The zero-order chi connectivity index (χ0) is 13.8. The minimum Gasteiger partial charge on any atom is -0.461 e. The van der Waals surface area contributed by atoms with E-state index < -0.39 is 5.97 Å². The Kier molecular flexibility index (Phi) is 4.10. The van der Waals surface area contributed by atoms with Crippen LogP contribution in [0.4, 0.5) is 0 Å². The average Bonchev–Trinajstić information content (AvgIpc) is 2.97. The molecule has 2 aromatic heterocycles. The predicted octanol–water partition coefficient (Wildman–Crippen LogP) is 0.370. The molecule has 0 amide bonds. The standard InChI is InChI=1S/C10H13ClN6O2/c1-3-19-10(18)9-7(4-11)17(15-14-9)5-8-12-6-13-16(8)2/h6H,3-5H2,1-2H3. The Labute approximate surface area is 114 Å². The van der Waals surface area contributed by atoms with Gasteiger partial charge in [0.1, 0.15) is 18.7 Å². The maximum Gasteiger partial charge on any atom is 0.360 e. The predicted molar refractivity (Wildman–Crippen MR) is 65.6 cm³/mol. The van der Waals surface area contributed by atoms with Gasteiger partial charge in [0, 0.05) is 7.05 Å². The Morgan fingerprint density at radius 1 is 1.53 bits per heavy atom. The first-order valence-corrected chi connectivity index (χ1v) is 6.19. The number of rotatable bonds is 5. The minimum atomic E-state index is -0.526. The van der Waals surface area contributed by atoms with Gasteiger partial charge in [0.25, 0.3) is 0 Å². The van der Waals surface area contributed by atoms with Crippen molar-refractivity contribution in [2.24, 2.45) is 7.05 Å². The number of alkyl halides is 1. The van der Waals surface area contributed by atoms with Crippen molar-refractivity contribution < 1.29 is 9.53 Å². The van der Waals surface area contributed by atoms with Crippen LogP contribution in [0.15, 0.2) is 6.33 Å². The van der Waals surface area contributed by atoms with Gasteiger partial charge in [0.15, 0.2) is 5.69 Å². The number of hydrogen-bond acceptors (Lipinski definition) is 6. The molecule has 0 aromatic carbocycles. The number of nitrogens with zero attached hydrogens (tertiary/aromatic N) is 6. The molecule has 0 unspecified atom stereocenters. The molecular formula is C10H13ClN6O2. The van der Waals surface area contributed by atoms with Crippen LogP contribution in [-0.4, -0.2) is 42.3 Å². The van der Waals surface area contributed by atoms with Crippen LogP contribution in [0.25, 0.3) is 0 Å². The Hall–Kier alpha value is -1.96. The number of ether oxygens (including phenoxy) is 1. The van der Waals surface area contributed by atoms with Gasteiger partial charge >= 0.3 is 5.97 Å². The van der Waals surface area contributed by atoms with Gasteiger partial charge < -0.3 is 4.74 Å². The van der Waals surface area contributed by atoms with Gasteiger partial charge in [-0.25, -0.2) is 14.5 Å². The fourth-order valence-corrected chi connectivity index (χ4v) is 1.81. The van der Waals surface area contributed by atoms with E-state index in [1.54, 1.807) is 18.7 Å². The highest BCUT2D eigenvalue weighted by atomic mass is 35.5. The highest BCUT2D eigenvalue weighted by Gasteiger charge is 2.20. The van der Waals surface area contributed by atoms with E-state index in [2.05, 4.69) is 20.4 Å². The molecule has 0 saturated heterocycles. The monoisotopic (exact) mass is 284 g/mol. The van der Waals surface area contributed by atoms with Gasteiger partial charge in [-0.3, -0.25) is 4.68 Å². The number of esters is 1. The third kappa shape index (κ3) is 2.73. The fraction of sp³-hybridized carbons (Fsp3) is 0.500. The van der Waals surface area contributed by atoms with Crippen LogP contribution in [0, 0.1) is 0 Å². The van der Waals surface area contributed by atoms with Crippen LogP contribution in [0.5, 0.6) is 0 Å². The summed E-state index contributed by atoms with van der Waals surface area (Å²) in [4.78, 5) is 15.8. The quantitative estimate of drug-likeness (QED) is 0.582. The molecule has 8 nitrogen and oxygen atoms in total. The SMILES string of the molecule is CCOC(=O)c1nnn(Cc2ncnn2C)c1CCl. The van der Waals surface area contributed by atoms with Gasteiger partial charge in [-0.05, 0) is 6.92 Å². The van der Waals surface area contributed by atoms with E-state index in [-0.39, 0.29) is 18.2 Å². The normalized spacial score (nSPS) is 10.7. The molecule has 0 atom stereocenters. The van der Waals surface area contributed by atoms with E-state index in [1.807, 2.05) is 0 Å². The second kappa shape index (κ2) is 5.79. The molecule has 0 aliphatic rings. The van der Waals surface area contributed by atoms with Crippen molar-refractivity contribution in [3.05, 3.63) is 23.5 Å². The summed E-state index contributed by atoms with van der Waals surface area (Å²) in [7, 11) is 1.77. The first-order valence-electron chi connectivity index (χ1n) is 5.65. The van der Waals surface area contributed by atoms with Gasteiger partial charge in [0.05, 0.1) is 18.2 Å². The number of carbonyl (C=O) groups excluding carboxylic acids is 1. The van der Waals surface area contributed by atoms with Crippen molar-refractivity contribution in [2.75, 3.05) is 6.61 Å². The average molecular weight is 285 g/mol. The van der Waals surface area contributed by atoms with Crippen molar-refractivity contribution in [1.82, 2.24) is 29.8 Å². The summed E-state index contributed by atoms with van der Waals surface area (Å²) in [5, 5.41) is 11.7. The van der Waals surface area contributed by atoms with Gasteiger partial charge in [-0.1, -0.05) is 5.21 Å². The van der Waals surface area contributed by atoms with Crippen molar-refractivity contribution in [3.63, 3.8) is 0 Å². The molecule has 2 heterocycles. The summed E-state index contributed by atoms with van der Waals surface area (Å²) >= 11 is 5.85. The van der Waals surface area contributed by atoms with Crippen molar-refractivity contribution in [1.29, 1.82) is 0 Å². The van der Waals surface area contributed by atoms with Crippen LogP contribution >= 0.6 is 11.6 Å². The zero-order valence-electron chi connectivity index (χ0n) is 10.6. The Morgan fingerprint density at radius 3 is 2.89 bits per heavy atom. The summed E-state index contributed by atoms with van der Waals surface area (Å²) in [5.74, 6) is 0.271. The van der Waals surface area contributed by atoms with E-state index in [1.165, 1.54) is 11.0 Å². The molecule has 102 valence electrons. The Balaban J connectivity index is 2.27. The molecule has 0 saturated carbocycles. The van der Waals surface area contributed by atoms with Gasteiger partial charge in [-0.2, -0.15) is 5.10 Å². The number of aryl methyl sites for hydroxylation is 1. The van der Waals surface area contributed by atoms with Crippen LogP contribution in [0.1, 0.15) is 28.9 Å². The lowest BCUT2D eigenvalue weighted by Gasteiger charge is -2.04. The third-order valence-electron chi connectivity index (χ3n) is 2.53. The van der Waals surface area contributed by atoms with Crippen molar-refractivity contribution >= 4 is 17.6 Å². The number of halogens is 1. The molecule has 0 bridgehead atoms. The fourth-order valence-electron chi connectivity index (χ4n) is 1.55. The number of aromatic nitrogens is 6. The first kappa shape index (κ1) is 13.5. The third-order valence-corrected chi connectivity index (χ3v) is 2.78. The molecular weight excluding hydrogens is 272 g/mol. The second-order valence-electron chi connectivity index (χ2n) is 3.70. The van der Waals surface area contributed by atoms with Gasteiger partial charge in [0.2, 0.25) is 0 Å². The molecule has 0 aliphatic carbocycles. The highest BCUT2D eigenvalue weighted by Crippen LogP contribution is 2.11. The number of hydrogen-bond donors (Lipinski definition) is 0. The van der Waals surface area contributed by atoms with E-state index in [4.69, 9.17) is 16.3 Å². The van der Waals surface area contributed by atoms with E-state index in [0.29, 0.717) is 18.1 Å². The summed E-state index contributed by atoms with van der Waals surface area (Å²) in [6.07, 6.45) is 1.44. The van der Waals surface area contributed by atoms with E-state index >= 15 is 0 Å². The van der Waals surface area contributed by atoms with Crippen molar-refractivity contribution in [2.45, 2.75) is 19.3 Å². The Bertz CT molecular complexity index is 578. The smallest absolute Gasteiger partial charge is 0.360 e. The lowest BCUT2D eigenvalue weighted by molar-refractivity contribution is 0.0518. The molecule has 0 aliphatic heterocycles. The summed E-state index contributed by atoms with van der Waals surface area (Å²) < 4.78 is 8.03. The lowest BCUT2D eigenvalue weighted by Crippen LogP contribution is -2.12. The summed E-state index contributed by atoms with van der Waals surface area (Å²) in [6.45, 7) is 2.34. The van der Waals surface area contributed by atoms with Crippen LogP contribution in [-0.2, 0) is 24.2 Å². The minimum absolute atomic E-state index is 0.110. The number of carbonyl (C=O) groups is 1. The molecule has 2 rings (SSSR count). The van der Waals surface area contributed by atoms with Crippen LogP contribution in [0.2, 0.25) is 0 Å². The Morgan fingerprint density at radius 2 is 2.32 bits per heavy atom. The first-order chi connectivity index (χ1) is 9.17. The van der Waals surface area contributed by atoms with E-state index in [9.17, 15) is 4.79 Å². The zero-order valence-corrected chi connectivity index (χ0v) is 11.3. The molecule has 0 spiro atoms. The molecule has 9 heteroatoms. The maximum atomic E-state index is 11.7. The topological polar surface area (TPSA) is 87.7 Å². The van der Waals surface area contributed by atoms with Crippen molar-refractivity contribution in [3.8, 4) is 0 Å². The summed E-state index contributed by atoms with van der Waals surface area (Å²) in [6, 6.07) is 0.